The van der Waals surface area contributed by atoms with Gasteiger partial charge in [0.2, 0.25) is 0 Å². The molecule has 2 nitrogen and oxygen atoms in total. The Morgan fingerprint density at radius 1 is 1.25 bits per heavy atom. The van der Waals surface area contributed by atoms with Crippen LogP contribution in [0.3, 0.4) is 0 Å². The molecule has 0 aliphatic carbocycles. The fourth-order valence-electron chi connectivity index (χ4n) is 2.11. The van der Waals surface area contributed by atoms with E-state index in [9.17, 15) is 8.78 Å². The predicted molar refractivity (Wildman–Crippen MR) is 79.6 cm³/mol. The van der Waals surface area contributed by atoms with Gasteiger partial charge in [-0.05, 0) is 31.2 Å². The van der Waals surface area contributed by atoms with Crippen molar-refractivity contribution in [2.75, 3.05) is 12.8 Å². The molecule has 1 aromatic rings. The molecule has 1 aromatic carbocycles. The number of thioether (sulfide) groups is 1. The van der Waals surface area contributed by atoms with E-state index in [-0.39, 0.29) is 22.4 Å². The molecule has 0 bridgehead atoms. The summed E-state index contributed by atoms with van der Waals surface area (Å²) in [5.41, 5.74) is -0.00413. The van der Waals surface area contributed by atoms with Gasteiger partial charge in [0.1, 0.15) is 11.6 Å². The van der Waals surface area contributed by atoms with E-state index in [2.05, 4.69) is 25.4 Å². The fourth-order valence-corrected chi connectivity index (χ4v) is 2.94. The average Bonchev–Trinajstić information content (AvgIpc) is 2.46. The highest BCUT2D eigenvalue weighted by Crippen LogP contribution is 2.29. The van der Waals surface area contributed by atoms with Crippen molar-refractivity contribution in [2.45, 2.75) is 38.0 Å². The Balaban J connectivity index is 2.74. The summed E-state index contributed by atoms with van der Waals surface area (Å²) in [7, 11) is 0. The first kappa shape index (κ1) is 16.9. The SMILES string of the molecule is CCC(CC)(CNCc1c(F)cc(C#N)cc1F)SC. The molecule has 110 valence electrons. The number of hydrogen-bond acceptors (Lipinski definition) is 3. The van der Waals surface area contributed by atoms with Crippen molar-refractivity contribution in [3.05, 3.63) is 34.9 Å². The summed E-state index contributed by atoms with van der Waals surface area (Å²) in [6.45, 7) is 5.06. The van der Waals surface area contributed by atoms with E-state index in [4.69, 9.17) is 5.26 Å². The minimum absolute atomic E-state index is 0.00401. The van der Waals surface area contributed by atoms with Gasteiger partial charge in [-0.3, -0.25) is 0 Å². The maximum Gasteiger partial charge on any atom is 0.131 e. The summed E-state index contributed by atoms with van der Waals surface area (Å²) in [6, 6.07) is 3.88. The van der Waals surface area contributed by atoms with Crippen molar-refractivity contribution in [1.29, 1.82) is 5.26 Å². The molecule has 0 aliphatic heterocycles. The first-order chi connectivity index (χ1) is 9.51. The van der Waals surface area contributed by atoms with Gasteiger partial charge in [-0.15, -0.1) is 0 Å². The molecule has 0 saturated carbocycles. The van der Waals surface area contributed by atoms with Crippen molar-refractivity contribution in [2.24, 2.45) is 0 Å². The molecule has 0 radical (unpaired) electrons. The molecule has 20 heavy (non-hydrogen) atoms. The highest BCUT2D eigenvalue weighted by molar-refractivity contribution is 8.00. The molecule has 0 unspecified atom stereocenters. The molecule has 0 aromatic heterocycles. The number of halogens is 2. The van der Waals surface area contributed by atoms with Crippen LogP contribution in [-0.2, 0) is 6.54 Å². The molecule has 0 heterocycles. The normalized spacial score (nSPS) is 11.4. The van der Waals surface area contributed by atoms with E-state index in [0.717, 1.165) is 25.0 Å². The number of nitriles is 1. The van der Waals surface area contributed by atoms with Crippen LogP contribution in [-0.4, -0.2) is 17.5 Å². The van der Waals surface area contributed by atoms with Crippen molar-refractivity contribution < 1.29 is 8.78 Å². The van der Waals surface area contributed by atoms with Crippen LogP contribution in [0.2, 0.25) is 0 Å². The Bertz CT molecular complexity index is 462. The molecule has 1 N–H and O–H groups in total. The third-order valence-electron chi connectivity index (χ3n) is 3.74. The Labute approximate surface area is 123 Å². The lowest BCUT2D eigenvalue weighted by atomic mass is 10.0. The molecule has 0 spiro atoms. The van der Waals surface area contributed by atoms with Gasteiger partial charge >= 0.3 is 0 Å². The van der Waals surface area contributed by atoms with Gasteiger partial charge in [0.05, 0.1) is 11.6 Å². The van der Waals surface area contributed by atoms with Crippen LogP contribution in [0.4, 0.5) is 8.78 Å². The number of rotatable bonds is 7. The van der Waals surface area contributed by atoms with Crippen LogP contribution in [0.15, 0.2) is 12.1 Å². The summed E-state index contributed by atoms with van der Waals surface area (Å²) in [6.07, 6.45) is 4.05. The summed E-state index contributed by atoms with van der Waals surface area (Å²) < 4.78 is 27.6. The van der Waals surface area contributed by atoms with Gasteiger partial charge in [0.15, 0.2) is 0 Å². The zero-order chi connectivity index (χ0) is 15.2. The molecule has 0 aliphatic rings. The van der Waals surface area contributed by atoms with Crippen LogP contribution in [0, 0.1) is 23.0 Å². The maximum atomic E-state index is 13.7. The Morgan fingerprint density at radius 2 is 1.80 bits per heavy atom. The number of hydrogen-bond donors (Lipinski definition) is 1. The van der Waals surface area contributed by atoms with E-state index in [1.54, 1.807) is 17.8 Å². The first-order valence-electron chi connectivity index (χ1n) is 6.65. The summed E-state index contributed by atoms with van der Waals surface area (Å²) in [5, 5.41) is 11.8. The molecule has 0 saturated heterocycles. The first-order valence-corrected chi connectivity index (χ1v) is 7.88. The molecular formula is C15H20F2N2S. The Morgan fingerprint density at radius 3 is 2.20 bits per heavy atom. The van der Waals surface area contributed by atoms with E-state index in [1.807, 2.05) is 0 Å². The third kappa shape index (κ3) is 3.94. The third-order valence-corrected chi connectivity index (χ3v) is 5.33. The minimum atomic E-state index is -0.670. The second-order valence-electron chi connectivity index (χ2n) is 4.73. The number of nitrogens with one attached hydrogen (secondary N) is 1. The molecule has 0 amide bonds. The monoisotopic (exact) mass is 298 g/mol. The van der Waals surface area contributed by atoms with Crippen molar-refractivity contribution in [1.82, 2.24) is 5.32 Å². The predicted octanol–water partition coefficient (Wildman–Crippen LogP) is 3.85. The maximum absolute atomic E-state index is 13.7. The molecule has 5 heteroatoms. The lowest BCUT2D eigenvalue weighted by Gasteiger charge is -2.30. The second-order valence-corrected chi connectivity index (χ2v) is 6.00. The van der Waals surface area contributed by atoms with E-state index in [1.165, 1.54) is 0 Å². The van der Waals surface area contributed by atoms with Gasteiger partial charge in [-0.2, -0.15) is 17.0 Å². The standard InChI is InChI=1S/C15H20F2N2S/c1-4-15(5-2,20-3)10-19-9-12-13(16)6-11(8-18)7-14(12)17/h6-7,19H,4-5,9-10H2,1-3H3. The van der Waals surface area contributed by atoms with E-state index < -0.39 is 11.6 Å². The molecule has 0 atom stereocenters. The molecule has 0 fully saturated rings. The minimum Gasteiger partial charge on any atom is -0.311 e. The zero-order valence-electron chi connectivity index (χ0n) is 12.1. The topological polar surface area (TPSA) is 35.8 Å². The van der Waals surface area contributed by atoms with Gasteiger partial charge in [-0.1, -0.05) is 13.8 Å². The molecular weight excluding hydrogens is 278 g/mol. The van der Waals surface area contributed by atoms with Crippen LogP contribution >= 0.6 is 11.8 Å². The van der Waals surface area contributed by atoms with Crippen molar-refractivity contribution in [3.8, 4) is 6.07 Å². The van der Waals surface area contributed by atoms with Crippen LogP contribution in [0.25, 0.3) is 0 Å². The number of nitrogens with zero attached hydrogens (tertiary/aromatic N) is 1. The Hall–Kier alpha value is -1.12. The van der Waals surface area contributed by atoms with Gasteiger partial charge in [0, 0.05) is 23.4 Å². The summed E-state index contributed by atoms with van der Waals surface area (Å²) in [4.78, 5) is 0. The van der Waals surface area contributed by atoms with Crippen molar-refractivity contribution >= 4 is 11.8 Å². The zero-order valence-corrected chi connectivity index (χ0v) is 12.9. The average molecular weight is 298 g/mol. The van der Waals surface area contributed by atoms with E-state index in [0.29, 0.717) is 6.54 Å². The van der Waals surface area contributed by atoms with Crippen LogP contribution in [0.1, 0.15) is 37.8 Å². The fraction of sp³-hybridized carbons (Fsp3) is 0.533. The second kappa shape index (κ2) is 7.61. The number of benzene rings is 1. The summed E-state index contributed by atoms with van der Waals surface area (Å²) >= 11 is 1.77. The highest BCUT2D eigenvalue weighted by atomic mass is 32.2. The van der Waals surface area contributed by atoms with Crippen LogP contribution < -0.4 is 5.32 Å². The molecule has 1 rings (SSSR count). The van der Waals surface area contributed by atoms with Gasteiger partial charge < -0.3 is 5.32 Å². The largest absolute Gasteiger partial charge is 0.311 e. The highest BCUT2D eigenvalue weighted by Gasteiger charge is 2.24. The lowest BCUT2D eigenvalue weighted by molar-refractivity contribution is 0.477. The quantitative estimate of drug-likeness (QED) is 0.830. The van der Waals surface area contributed by atoms with Gasteiger partial charge in [0.25, 0.3) is 0 Å². The summed E-state index contributed by atoms with van der Waals surface area (Å²) in [5.74, 6) is -1.34. The smallest absolute Gasteiger partial charge is 0.131 e. The Kier molecular flexibility index (Phi) is 6.44. The van der Waals surface area contributed by atoms with Crippen molar-refractivity contribution in [3.63, 3.8) is 0 Å². The van der Waals surface area contributed by atoms with E-state index >= 15 is 0 Å². The lowest BCUT2D eigenvalue weighted by Crippen LogP contribution is -2.36. The van der Waals surface area contributed by atoms with Gasteiger partial charge in [-0.25, -0.2) is 8.78 Å². The van der Waals surface area contributed by atoms with Crippen LogP contribution in [0.5, 0.6) is 0 Å².